The van der Waals surface area contributed by atoms with Crippen LogP contribution in [0.15, 0.2) is 24.1 Å². The smallest absolute Gasteiger partial charge is 0.225 e. The van der Waals surface area contributed by atoms with Gasteiger partial charge in [0.05, 0.1) is 18.4 Å². The summed E-state index contributed by atoms with van der Waals surface area (Å²) in [6, 6.07) is 0. The van der Waals surface area contributed by atoms with Crippen molar-refractivity contribution in [2.24, 2.45) is 0 Å². The second-order valence-corrected chi connectivity index (χ2v) is 5.45. The van der Waals surface area contributed by atoms with Crippen molar-refractivity contribution in [2.45, 2.75) is 19.8 Å². The monoisotopic (exact) mass is 289 g/mol. The summed E-state index contributed by atoms with van der Waals surface area (Å²) in [7, 11) is 0. The van der Waals surface area contributed by atoms with Gasteiger partial charge >= 0.3 is 0 Å². The Kier molecular flexibility index (Phi) is 3.51. The zero-order valence-corrected chi connectivity index (χ0v) is 11.9. The van der Waals surface area contributed by atoms with Crippen LogP contribution in [0.3, 0.4) is 0 Å². The molecule has 0 saturated heterocycles. The summed E-state index contributed by atoms with van der Waals surface area (Å²) in [6.07, 6.45) is 6.50. The summed E-state index contributed by atoms with van der Waals surface area (Å²) < 4.78 is 1.98. The van der Waals surface area contributed by atoms with Gasteiger partial charge < -0.3 is 10.3 Å². The molecule has 0 unspecified atom stereocenters. The fourth-order valence-corrected chi connectivity index (χ4v) is 2.97. The zero-order valence-electron chi connectivity index (χ0n) is 11.1. The molecular weight excluding hydrogens is 274 g/mol. The number of carbonyl (C=O) groups is 1. The van der Waals surface area contributed by atoms with E-state index < -0.39 is 0 Å². The summed E-state index contributed by atoms with van der Waals surface area (Å²) in [4.78, 5) is 24.2. The van der Waals surface area contributed by atoms with Gasteiger partial charge in [0, 0.05) is 42.1 Å². The van der Waals surface area contributed by atoms with Crippen molar-refractivity contribution >= 4 is 22.2 Å². The highest BCUT2D eigenvalue weighted by Gasteiger charge is 2.10. The Hall–Kier alpha value is -2.15. The van der Waals surface area contributed by atoms with E-state index in [0.29, 0.717) is 13.0 Å². The molecule has 0 radical (unpaired) electrons. The quantitative estimate of drug-likeness (QED) is 0.744. The number of amides is 1. The normalized spacial score (nSPS) is 11.1. The molecule has 0 spiro atoms. The van der Waals surface area contributed by atoms with Crippen molar-refractivity contribution in [3.8, 4) is 0 Å². The van der Waals surface area contributed by atoms with Crippen LogP contribution in [-0.4, -0.2) is 31.8 Å². The number of H-pyrrole nitrogens is 1. The molecule has 2 N–H and O–H groups in total. The molecule has 0 aliphatic rings. The molecule has 0 aromatic carbocycles. The van der Waals surface area contributed by atoms with Crippen molar-refractivity contribution < 1.29 is 4.79 Å². The second kappa shape index (κ2) is 5.46. The summed E-state index contributed by atoms with van der Waals surface area (Å²) in [6.45, 7) is 2.56. The van der Waals surface area contributed by atoms with E-state index in [9.17, 15) is 4.79 Å². The van der Waals surface area contributed by atoms with E-state index in [2.05, 4.69) is 20.3 Å². The maximum atomic E-state index is 11.9. The second-order valence-electron chi connectivity index (χ2n) is 4.62. The highest BCUT2D eigenvalue weighted by atomic mass is 32.1. The lowest BCUT2D eigenvalue weighted by Crippen LogP contribution is -2.27. The van der Waals surface area contributed by atoms with Gasteiger partial charge in [-0.3, -0.25) is 9.20 Å². The van der Waals surface area contributed by atoms with Gasteiger partial charge in [0.15, 0.2) is 4.96 Å². The maximum Gasteiger partial charge on any atom is 0.225 e. The number of aromatic amines is 1. The molecule has 0 atom stereocenters. The molecule has 0 aliphatic carbocycles. The first-order valence-corrected chi connectivity index (χ1v) is 7.26. The Morgan fingerprint density at radius 2 is 2.45 bits per heavy atom. The molecule has 0 bridgehead atoms. The maximum absolute atomic E-state index is 11.9. The molecule has 3 rings (SSSR count). The number of carbonyl (C=O) groups excluding carboxylic acids is 1. The average Bonchev–Trinajstić information content (AvgIpc) is 3.09. The lowest BCUT2D eigenvalue weighted by Gasteiger charge is -2.03. The molecule has 0 saturated carbocycles. The number of thiazole rings is 1. The van der Waals surface area contributed by atoms with Crippen LogP contribution < -0.4 is 5.32 Å². The molecule has 7 heteroatoms. The third kappa shape index (κ3) is 2.72. The van der Waals surface area contributed by atoms with E-state index in [1.165, 1.54) is 0 Å². The topological polar surface area (TPSA) is 75.1 Å². The molecule has 104 valence electrons. The Morgan fingerprint density at radius 1 is 1.55 bits per heavy atom. The predicted octanol–water partition coefficient (Wildman–Crippen LogP) is 1.33. The Balaban J connectivity index is 1.55. The van der Waals surface area contributed by atoms with E-state index in [0.717, 1.165) is 28.5 Å². The zero-order chi connectivity index (χ0) is 13.9. The number of aromatic nitrogens is 4. The predicted molar refractivity (Wildman–Crippen MR) is 76.8 cm³/mol. The number of hydrogen-bond donors (Lipinski definition) is 2. The van der Waals surface area contributed by atoms with Gasteiger partial charge in [-0.25, -0.2) is 9.97 Å². The van der Waals surface area contributed by atoms with E-state index in [4.69, 9.17) is 0 Å². The van der Waals surface area contributed by atoms with Crippen LogP contribution in [0.1, 0.15) is 17.1 Å². The summed E-state index contributed by atoms with van der Waals surface area (Å²) >= 11 is 1.56. The van der Waals surface area contributed by atoms with Crippen molar-refractivity contribution in [1.29, 1.82) is 0 Å². The third-order valence-corrected chi connectivity index (χ3v) is 3.91. The fourth-order valence-electron chi connectivity index (χ4n) is 2.05. The van der Waals surface area contributed by atoms with Crippen LogP contribution in [0.5, 0.6) is 0 Å². The minimum atomic E-state index is 0.0237. The lowest BCUT2D eigenvalue weighted by atomic mass is 10.3. The fraction of sp³-hybridized carbons (Fsp3) is 0.308. The highest BCUT2D eigenvalue weighted by Crippen LogP contribution is 2.16. The van der Waals surface area contributed by atoms with Crippen LogP contribution in [0.4, 0.5) is 0 Å². The van der Waals surface area contributed by atoms with Gasteiger partial charge in [-0.1, -0.05) is 0 Å². The molecule has 6 nitrogen and oxygen atoms in total. The standard InChI is InChI=1S/C13H15N5OS/c1-9-6-18-11(7-20-13(18)17-9)4-12(19)15-3-2-10-5-14-8-16-10/h5-8H,2-4H2,1H3,(H,14,16)(H,15,19). The first-order valence-electron chi connectivity index (χ1n) is 6.38. The first-order chi connectivity index (χ1) is 9.72. The van der Waals surface area contributed by atoms with Crippen molar-refractivity contribution in [2.75, 3.05) is 6.54 Å². The van der Waals surface area contributed by atoms with E-state index in [1.807, 2.05) is 22.9 Å². The van der Waals surface area contributed by atoms with Crippen molar-refractivity contribution in [1.82, 2.24) is 24.7 Å². The van der Waals surface area contributed by atoms with Gasteiger partial charge in [0.2, 0.25) is 5.91 Å². The lowest BCUT2D eigenvalue weighted by molar-refractivity contribution is -0.120. The van der Waals surface area contributed by atoms with Crippen LogP contribution in [0.2, 0.25) is 0 Å². The van der Waals surface area contributed by atoms with Gasteiger partial charge in [-0.15, -0.1) is 11.3 Å². The van der Waals surface area contributed by atoms with Gasteiger partial charge in [-0.2, -0.15) is 0 Å². The van der Waals surface area contributed by atoms with E-state index in [1.54, 1.807) is 23.9 Å². The molecule has 3 aromatic heterocycles. The number of nitrogens with one attached hydrogen (secondary N) is 2. The van der Waals surface area contributed by atoms with Crippen LogP contribution in [0.25, 0.3) is 4.96 Å². The van der Waals surface area contributed by atoms with Gasteiger partial charge in [-0.05, 0) is 6.92 Å². The minimum Gasteiger partial charge on any atom is -0.355 e. The largest absolute Gasteiger partial charge is 0.355 e. The van der Waals surface area contributed by atoms with Crippen LogP contribution in [0, 0.1) is 6.92 Å². The number of nitrogens with zero attached hydrogens (tertiary/aromatic N) is 3. The molecule has 0 aliphatic heterocycles. The minimum absolute atomic E-state index is 0.0237. The van der Waals surface area contributed by atoms with Crippen LogP contribution >= 0.6 is 11.3 Å². The van der Waals surface area contributed by atoms with E-state index in [-0.39, 0.29) is 5.91 Å². The Morgan fingerprint density at radius 3 is 3.25 bits per heavy atom. The van der Waals surface area contributed by atoms with Crippen molar-refractivity contribution in [3.63, 3.8) is 0 Å². The van der Waals surface area contributed by atoms with Gasteiger partial charge in [0.1, 0.15) is 0 Å². The Bertz CT molecular complexity index is 712. The summed E-state index contributed by atoms with van der Waals surface area (Å²) in [5, 5.41) is 4.90. The third-order valence-electron chi connectivity index (χ3n) is 3.02. The number of fused-ring (bicyclic) bond motifs is 1. The number of aryl methyl sites for hydroxylation is 1. The van der Waals surface area contributed by atoms with Crippen molar-refractivity contribution in [3.05, 3.63) is 41.2 Å². The summed E-state index contributed by atoms with van der Waals surface area (Å²) in [5.41, 5.74) is 2.97. The van der Waals surface area contributed by atoms with E-state index >= 15 is 0 Å². The Labute approximate surface area is 119 Å². The van der Waals surface area contributed by atoms with Gasteiger partial charge in [0.25, 0.3) is 0 Å². The average molecular weight is 289 g/mol. The molecular formula is C13H15N5OS. The number of hydrogen-bond acceptors (Lipinski definition) is 4. The SMILES string of the molecule is Cc1cn2c(CC(=O)NCCc3cnc[nH]3)csc2n1. The molecule has 20 heavy (non-hydrogen) atoms. The first kappa shape index (κ1) is 12.9. The summed E-state index contributed by atoms with van der Waals surface area (Å²) in [5.74, 6) is 0.0237. The molecule has 3 heterocycles. The van der Waals surface area contributed by atoms with Crippen LogP contribution in [-0.2, 0) is 17.6 Å². The molecule has 1 amide bonds. The molecule has 3 aromatic rings. The molecule has 0 fully saturated rings. The number of rotatable bonds is 5. The highest BCUT2D eigenvalue weighted by molar-refractivity contribution is 7.15. The number of imidazole rings is 2.